The third kappa shape index (κ3) is 17.4. The van der Waals surface area contributed by atoms with Crippen LogP contribution in [0.2, 0.25) is 0 Å². The molecule has 0 heterocycles. The molecule has 10 N–H and O–H groups in total. The van der Waals surface area contributed by atoms with E-state index in [2.05, 4.69) is 0 Å². The fourth-order valence-corrected chi connectivity index (χ4v) is 0.570. The maximum atomic E-state index is 10.0. The molecule has 0 aromatic carbocycles. The molecule has 0 aliphatic carbocycles. The second-order valence-corrected chi connectivity index (χ2v) is 4.22. The minimum Gasteiger partial charge on any atom is -0.480 e. The summed E-state index contributed by atoms with van der Waals surface area (Å²) in [6.45, 7) is 7.11. The molecule has 0 spiro atoms. The van der Waals surface area contributed by atoms with Crippen LogP contribution in [-0.4, -0.2) is 45.2 Å². The smallest absolute Gasteiger partial charge is 0.320 e. The summed E-state index contributed by atoms with van der Waals surface area (Å²) in [6.07, 6.45) is 0. The summed E-state index contributed by atoms with van der Waals surface area (Å²) in [6, 6.07) is -1.43. The van der Waals surface area contributed by atoms with Crippen molar-refractivity contribution in [3.05, 3.63) is 0 Å². The van der Waals surface area contributed by atoms with Crippen molar-refractivity contribution in [2.75, 3.05) is 0 Å². The number of hydrogen-bond donors (Lipinski definition) is 4. The Kier molecular flexibility index (Phi) is 25.2. The van der Waals surface area contributed by atoms with Gasteiger partial charge in [-0.05, 0) is 11.8 Å². The molecule has 0 rings (SSSR count). The van der Waals surface area contributed by atoms with E-state index in [1.165, 1.54) is 0 Å². The molecule has 0 fully saturated rings. The molecular weight excluding hydrogens is 310 g/mol. The van der Waals surface area contributed by atoms with Crippen molar-refractivity contribution >= 4 is 11.9 Å². The first kappa shape index (κ1) is 31.0. The van der Waals surface area contributed by atoms with E-state index in [1.807, 2.05) is 0 Å². The summed E-state index contributed by atoms with van der Waals surface area (Å²) in [5.41, 5.74) is 10.3. The van der Waals surface area contributed by atoms with Crippen LogP contribution < -0.4 is 11.5 Å². The predicted octanol–water partition coefficient (Wildman–Crippen LogP) is -1.54. The first-order chi connectivity index (χ1) is 7.11. The zero-order chi connectivity index (χ0) is 13.5. The molecule has 0 unspecified atom stereocenters. The number of nitrogens with two attached hydrogens (primary N) is 2. The van der Waals surface area contributed by atoms with Gasteiger partial charge in [-0.15, -0.1) is 0 Å². The summed E-state index contributed by atoms with van der Waals surface area (Å²) >= 11 is 0. The summed E-state index contributed by atoms with van der Waals surface area (Å²) in [7, 11) is 0. The van der Waals surface area contributed by atoms with Crippen LogP contribution in [0.25, 0.3) is 0 Å². The monoisotopic (exact) mass is 334 g/mol. The van der Waals surface area contributed by atoms with Gasteiger partial charge in [-0.2, -0.15) is 0 Å². The van der Waals surface area contributed by atoms with E-state index in [4.69, 9.17) is 21.7 Å². The topological polar surface area (TPSA) is 190 Å². The number of aliphatic carboxylic acids is 2. The van der Waals surface area contributed by atoms with Crippen molar-refractivity contribution in [3.63, 3.8) is 0 Å². The van der Waals surface area contributed by atoms with Gasteiger partial charge >= 0.3 is 11.9 Å². The van der Waals surface area contributed by atoms with Crippen LogP contribution >= 0.6 is 0 Å². The third-order valence-corrected chi connectivity index (χ3v) is 2.01. The number of carbonyl (C=O) groups is 2. The number of hydrogen-bond acceptors (Lipinski definition) is 4. The first-order valence-electron chi connectivity index (χ1n) is 5.08. The first-order valence-corrected chi connectivity index (χ1v) is 5.08. The summed E-state index contributed by atoms with van der Waals surface area (Å²) in [5.74, 6) is -1.82. The van der Waals surface area contributed by atoms with E-state index in [1.54, 1.807) is 27.7 Å². The Morgan fingerprint density at radius 2 is 0.947 bits per heavy atom. The van der Waals surface area contributed by atoms with Crippen molar-refractivity contribution in [1.29, 1.82) is 0 Å². The van der Waals surface area contributed by atoms with Crippen molar-refractivity contribution in [2.45, 2.75) is 39.8 Å². The molecule has 0 saturated carbocycles. The van der Waals surface area contributed by atoms with Crippen molar-refractivity contribution in [3.8, 4) is 0 Å². The molecule has 0 saturated heterocycles. The molecule has 9 heteroatoms. The molecule has 0 aromatic rings. The van der Waals surface area contributed by atoms with Crippen LogP contribution in [0, 0.1) is 11.8 Å². The fourth-order valence-electron chi connectivity index (χ4n) is 0.570. The van der Waals surface area contributed by atoms with Gasteiger partial charge in [0.15, 0.2) is 0 Å². The maximum Gasteiger partial charge on any atom is 0.320 e. The van der Waals surface area contributed by atoms with E-state index >= 15 is 0 Å². The normalized spacial score (nSPS) is 11.8. The van der Waals surface area contributed by atoms with Crippen LogP contribution in [0.1, 0.15) is 27.7 Å². The molecule has 0 aromatic heterocycles. The molecule has 0 radical (unpaired) electrons. The Balaban J connectivity index is -0.0000000594. The molecule has 0 bridgehead atoms. The van der Waals surface area contributed by atoms with Crippen molar-refractivity contribution < 1.29 is 50.2 Å². The van der Waals surface area contributed by atoms with Gasteiger partial charge in [0.1, 0.15) is 12.1 Å². The molecule has 19 heavy (non-hydrogen) atoms. The van der Waals surface area contributed by atoms with Gasteiger partial charge in [-0.1, -0.05) is 27.7 Å². The van der Waals surface area contributed by atoms with Gasteiger partial charge in [0, 0.05) is 19.5 Å². The quantitative estimate of drug-likeness (QED) is 0.450. The van der Waals surface area contributed by atoms with Crippen LogP contribution in [0.5, 0.6) is 0 Å². The van der Waals surface area contributed by atoms with Gasteiger partial charge in [0.25, 0.3) is 0 Å². The fraction of sp³-hybridized carbons (Fsp3) is 0.800. The van der Waals surface area contributed by atoms with Gasteiger partial charge in [-0.25, -0.2) is 0 Å². The summed E-state index contributed by atoms with van der Waals surface area (Å²) < 4.78 is 0. The SMILES string of the molecule is CC(C)[C@H](N)C(=O)O.CC(C)[C@H](N)C(=O)O.O.O.[Zn]. The average molecular weight is 336 g/mol. The standard InChI is InChI=1S/2C5H11NO2.2H2O.Zn/c2*1-3(2)4(6)5(7)8;;;/h2*3-4H,6H2,1-2H3,(H,7,8);2*1H2;/t2*4-;;;/m00.../s1. The molecule has 2 atom stereocenters. The Labute approximate surface area is 125 Å². The van der Waals surface area contributed by atoms with Crippen molar-refractivity contribution in [2.24, 2.45) is 23.3 Å². The molecule has 0 aliphatic heterocycles. The zero-order valence-corrected chi connectivity index (χ0v) is 14.8. The second-order valence-electron chi connectivity index (χ2n) is 4.22. The number of carboxylic acid groups (broad SMARTS) is 2. The molecule has 114 valence electrons. The van der Waals surface area contributed by atoms with Crippen LogP contribution in [0.3, 0.4) is 0 Å². The second kappa shape index (κ2) is 15.5. The molecule has 8 nitrogen and oxygen atoms in total. The zero-order valence-electron chi connectivity index (χ0n) is 11.9. The van der Waals surface area contributed by atoms with Crippen LogP contribution in [-0.2, 0) is 29.1 Å². The Morgan fingerprint density at radius 3 is 0.947 bits per heavy atom. The van der Waals surface area contributed by atoms with Gasteiger partial charge in [0.2, 0.25) is 0 Å². The molecular formula is C10H26N2O6Zn. The minimum absolute atomic E-state index is 0. The average Bonchev–Trinajstić information content (AvgIpc) is 2.15. The van der Waals surface area contributed by atoms with Gasteiger partial charge in [-0.3, -0.25) is 9.59 Å². The molecule has 0 aliphatic rings. The largest absolute Gasteiger partial charge is 0.480 e. The Hall–Kier alpha value is -0.597. The van der Waals surface area contributed by atoms with E-state index in [-0.39, 0.29) is 42.3 Å². The molecule has 0 amide bonds. The van der Waals surface area contributed by atoms with E-state index in [0.717, 1.165) is 0 Å². The Morgan fingerprint density at radius 1 is 0.789 bits per heavy atom. The van der Waals surface area contributed by atoms with Gasteiger partial charge in [0.05, 0.1) is 0 Å². The van der Waals surface area contributed by atoms with Crippen LogP contribution in [0.4, 0.5) is 0 Å². The van der Waals surface area contributed by atoms with Gasteiger partial charge < -0.3 is 32.6 Å². The minimum atomic E-state index is -0.931. The third-order valence-electron chi connectivity index (χ3n) is 2.01. The van der Waals surface area contributed by atoms with Crippen LogP contribution in [0.15, 0.2) is 0 Å². The number of carboxylic acids is 2. The maximum absolute atomic E-state index is 10.0. The Bertz CT molecular complexity index is 214. The summed E-state index contributed by atoms with van der Waals surface area (Å²) in [4.78, 5) is 20.0. The summed E-state index contributed by atoms with van der Waals surface area (Å²) in [5, 5.41) is 16.5. The predicted molar refractivity (Wildman–Crippen MR) is 68.1 cm³/mol. The van der Waals surface area contributed by atoms with E-state index in [0.29, 0.717) is 0 Å². The van der Waals surface area contributed by atoms with Crippen molar-refractivity contribution in [1.82, 2.24) is 0 Å². The van der Waals surface area contributed by atoms with E-state index < -0.39 is 24.0 Å². The van der Waals surface area contributed by atoms with E-state index in [9.17, 15) is 9.59 Å². The number of rotatable bonds is 4.